The number of anilines is 1. The van der Waals surface area contributed by atoms with Gasteiger partial charge in [-0.2, -0.15) is 13.8 Å². The molecular weight excluding hydrogens is 344 g/mol. The number of nitrogens with zero attached hydrogens (tertiary/aromatic N) is 4. The molecule has 1 aliphatic heterocycles. The van der Waals surface area contributed by atoms with Crippen LogP contribution in [0.15, 0.2) is 60.4 Å². The Labute approximate surface area is 153 Å². The van der Waals surface area contributed by atoms with E-state index in [1.165, 1.54) is 11.7 Å². The highest BCUT2D eigenvalue weighted by Crippen LogP contribution is 2.45. The topological polar surface area (TPSA) is 70.8 Å². The minimum atomic E-state index is -0.245. The molecule has 2 aromatic heterocycles. The Morgan fingerprint density at radius 2 is 1.88 bits per heavy atom. The van der Waals surface area contributed by atoms with Crippen LogP contribution in [0.2, 0.25) is 0 Å². The summed E-state index contributed by atoms with van der Waals surface area (Å²) in [6, 6.07) is 15.8. The zero-order valence-electron chi connectivity index (χ0n) is 13.5. The molecule has 0 aliphatic carbocycles. The molecule has 2 N–H and O–H groups in total. The summed E-state index contributed by atoms with van der Waals surface area (Å²) in [6.07, 6.45) is 1.78. The molecule has 0 bridgehead atoms. The van der Waals surface area contributed by atoms with E-state index in [2.05, 4.69) is 29.1 Å². The van der Waals surface area contributed by atoms with Crippen LogP contribution in [-0.4, -0.2) is 18.9 Å². The fourth-order valence-electron chi connectivity index (χ4n) is 3.42. The summed E-state index contributed by atoms with van der Waals surface area (Å²) >= 11 is 1.19. The highest BCUT2D eigenvalue weighted by Gasteiger charge is 2.33. The van der Waals surface area contributed by atoms with Gasteiger partial charge in [0.2, 0.25) is 5.70 Å². The van der Waals surface area contributed by atoms with Crippen molar-refractivity contribution < 1.29 is 0 Å². The third-order valence-electron chi connectivity index (χ3n) is 4.57. The van der Waals surface area contributed by atoms with E-state index in [1.807, 2.05) is 48.5 Å². The van der Waals surface area contributed by atoms with Gasteiger partial charge in [0.1, 0.15) is 16.9 Å². The van der Waals surface area contributed by atoms with Gasteiger partial charge in [-0.3, -0.25) is 5.10 Å². The fraction of sp³-hybridized carbons (Fsp3) is 0.0526. The van der Waals surface area contributed by atoms with Crippen molar-refractivity contribution in [1.29, 1.82) is 0 Å². The number of benzene rings is 2. The van der Waals surface area contributed by atoms with Gasteiger partial charge in [-0.25, -0.2) is 4.85 Å². The van der Waals surface area contributed by atoms with Crippen molar-refractivity contribution in [1.82, 2.24) is 18.9 Å². The molecular formula is C19H12N6S. The first-order valence-electron chi connectivity index (χ1n) is 8.05. The first-order chi connectivity index (χ1) is 12.9. The number of hydrogen-bond donors (Lipinski definition) is 2. The van der Waals surface area contributed by atoms with Crippen LogP contribution in [0.1, 0.15) is 22.6 Å². The molecule has 2 aromatic carbocycles. The van der Waals surface area contributed by atoms with Gasteiger partial charge < -0.3 is 5.32 Å². The lowest BCUT2D eigenvalue weighted by Gasteiger charge is -2.26. The number of aromatic nitrogens is 4. The quantitative estimate of drug-likeness (QED) is 0.527. The third kappa shape index (κ3) is 2.13. The molecule has 3 heterocycles. The van der Waals surface area contributed by atoms with Crippen LogP contribution >= 0.6 is 11.7 Å². The molecule has 5 rings (SSSR count). The van der Waals surface area contributed by atoms with E-state index >= 15 is 0 Å². The Bertz CT molecular complexity index is 1180. The maximum atomic E-state index is 7.89. The molecule has 124 valence electrons. The van der Waals surface area contributed by atoms with Crippen molar-refractivity contribution >= 4 is 34.3 Å². The maximum Gasteiger partial charge on any atom is 0.200 e. The first kappa shape index (κ1) is 14.8. The molecule has 6 nitrogen and oxygen atoms in total. The predicted molar refractivity (Wildman–Crippen MR) is 101 cm³/mol. The molecule has 7 heteroatoms. The average Bonchev–Trinajstić information content (AvgIpc) is 3.36. The minimum Gasteiger partial charge on any atom is -0.349 e. The number of nitrogens with one attached hydrogen (secondary N) is 2. The molecule has 0 saturated carbocycles. The van der Waals surface area contributed by atoms with Crippen molar-refractivity contribution in [3.05, 3.63) is 88.5 Å². The lowest BCUT2D eigenvalue weighted by Crippen LogP contribution is -2.16. The lowest BCUT2D eigenvalue weighted by atomic mass is 9.85. The molecule has 1 unspecified atom stereocenters. The summed E-state index contributed by atoms with van der Waals surface area (Å²) < 4.78 is 8.82. The number of fused-ring (bicyclic) bond motifs is 2. The smallest absolute Gasteiger partial charge is 0.200 e. The summed E-state index contributed by atoms with van der Waals surface area (Å²) in [4.78, 5) is 3.91. The largest absolute Gasteiger partial charge is 0.349 e. The van der Waals surface area contributed by atoms with Gasteiger partial charge in [0.15, 0.2) is 0 Å². The van der Waals surface area contributed by atoms with E-state index in [1.54, 1.807) is 6.20 Å². The summed E-state index contributed by atoms with van der Waals surface area (Å²) in [5, 5.41) is 10.6. The van der Waals surface area contributed by atoms with E-state index in [0.29, 0.717) is 5.70 Å². The van der Waals surface area contributed by atoms with Crippen LogP contribution in [0.25, 0.3) is 21.6 Å². The van der Waals surface area contributed by atoms with E-state index in [4.69, 9.17) is 6.57 Å². The van der Waals surface area contributed by atoms with Crippen molar-refractivity contribution in [3.8, 4) is 0 Å². The standard InChI is InChI=1S/C19H12N6S/c1-20-18-15(12-8-5-9-14-17(12)25-26-24-14)13-10-21-23-19(13)22-16(18)11-6-3-2-4-7-11/h2-10,15H,(H2,21,22,23). The second kappa shape index (κ2) is 5.79. The van der Waals surface area contributed by atoms with Crippen molar-refractivity contribution in [2.45, 2.75) is 5.92 Å². The van der Waals surface area contributed by atoms with Crippen LogP contribution in [0.4, 0.5) is 5.82 Å². The van der Waals surface area contributed by atoms with Crippen molar-refractivity contribution in [2.24, 2.45) is 0 Å². The van der Waals surface area contributed by atoms with Crippen LogP contribution < -0.4 is 5.32 Å². The summed E-state index contributed by atoms with van der Waals surface area (Å²) in [6.45, 7) is 7.89. The molecule has 4 aromatic rings. The Balaban J connectivity index is 1.81. The van der Waals surface area contributed by atoms with Crippen LogP contribution in [0.3, 0.4) is 0 Å². The van der Waals surface area contributed by atoms with Crippen LogP contribution in [0, 0.1) is 6.57 Å². The van der Waals surface area contributed by atoms with Crippen molar-refractivity contribution in [2.75, 3.05) is 5.32 Å². The fourth-order valence-corrected chi connectivity index (χ4v) is 3.97. The highest BCUT2D eigenvalue weighted by atomic mass is 32.1. The molecule has 1 atom stereocenters. The zero-order chi connectivity index (χ0) is 17.5. The number of allylic oxidation sites excluding steroid dienone is 1. The van der Waals surface area contributed by atoms with Gasteiger partial charge in [-0.05, 0) is 17.2 Å². The van der Waals surface area contributed by atoms with E-state index in [0.717, 1.165) is 39.2 Å². The monoisotopic (exact) mass is 356 g/mol. The van der Waals surface area contributed by atoms with Gasteiger partial charge in [-0.1, -0.05) is 42.5 Å². The third-order valence-corrected chi connectivity index (χ3v) is 5.11. The number of aromatic amines is 1. The summed E-state index contributed by atoms with van der Waals surface area (Å²) in [5.74, 6) is 0.562. The molecule has 1 aliphatic rings. The van der Waals surface area contributed by atoms with E-state index in [9.17, 15) is 0 Å². The molecule has 0 spiro atoms. The molecule has 0 radical (unpaired) electrons. The summed E-state index contributed by atoms with van der Waals surface area (Å²) in [5.41, 5.74) is 5.99. The van der Waals surface area contributed by atoms with Gasteiger partial charge in [0.25, 0.3) is 0 Å². The Hall–Kier alpha value is -3.50. The van der Waals surface area contributed by atoms with Gasteiger partial charge in [-0.15, -0.1) is 0 Å². The Morgan fingerprint density at radius 1 is 1.00 bits per heavy atom. The van der Waals surface area contributed by atoms with Gasteiger partial charge in [0, 0.05) is 11.3 Å². The number of rotatable bonds is 2. The predicted octanol–water partition coefficient (Wildman–Crippen LogP) is 4.26. The molecule has 0 fully saturated rings. The number of H-pyrrole nitrogens is 1. The van der Waals surface area contributed by atoms with Gasteiger partial charge in [0.05, 0.1) is 30.4 Å². The van der Waals surface area contributed by atoms with Crippen LogP contribution in [-0.2, 0) is 0 Å². The Morgan fingerprint density at radius 3 is 2.73 bits per heavy atom. The molecule has 0 saturated heterocycles. The molecule has 26 heavy (non-hydrogen) atoms. The second-order valence-electron chi connectivity index (χ2n) is 5.98. The average molecular weight is 356 g/mol. The summed E-state index contributed by atoms with van der Waals surface area (Å²) in [7, 11) is 0. The SMILES string of the molecule is [C-]#[N+]C1=C(c2ccccc2)Nc2[nH]ncc2C1c1cccc2nsnc12. The normalized spacial score (nSPS) is 16.2. The van der Waals surface area contributed by atoms with Gasteiger partial charge >= 0.3 is 0 Å². The maximum absolute atomic E-state index is 7.89. The van der Waals surface area contributed by atoms with E-state index in [-0.39, 0.29) is 5.92 Å². The lowest BCUT2D eigenvalue weighted by molar-refractivity contribution is 0.973. The Kier molecular flexibility index (Phi) is 3.30. The highest BCUT2D eigenvalue weighted by molar-refractivity contribution is 7.00. The second-order valence-corrected chi connectivity index (χ2v) is 6.50. The zero-order valence-corrected chi connectivity index (χ0v) is 14.3. The minimum absolute atomic E-state index is 0.245. The van der Waals surface area contributed by atoms with Crippen LogP contribution in [0.5, 0.6) is 0 Å². The van der Waals surface area contributed by atoms with E-state index < -0.39 is 0 Å². The van der Waals surface area contributed by atoms with Crippen molar-refractivity contribution in [3.63, 3.8) is 0 Å². The number of hydrogen-bond acceptors (Lipinski definition) is 5. The first-order valence-corrected chi connectivity index (χ1v) is 8.78. The molecule has 0 amide bonds.